The quantitative estimate of drug-likeness (QED) is 0.643. The van der Waals surface area contributed by atoms with E-state index < -0.39 is 0 Å². The smallest absolute Gasteiger partial charge is 0.261 e. The molecule has 7 nitrogen and oxygen atoms in total. The normalized spacial score (nSPS) is 15.9. The number of ether oxygens (including phenoxy) is 2. The van der Waals surface area contributed by atoms with Crippen LogP contribution in [0.4, 0.5) is 0 Å². The summed E-state index contributed by atoms with van der Waals surface area (Å²) in [6.07, 6.45) is 7.16. The van der Waals surface area contributed by atoms with Crippen molar-refractivity contribution in [1.29, 1.82) is 0 Å². The molecule has 3 heterocycles. The fourth-order valence-electron chi connectivity index (χ4n) is 3.90. The number of aryl methyl sites for hydroxylation is 1. The summed E-state index contributed by atoms with van der Waals surface area (Å²) in [5.41, 5.74) is 4.07. The highest BCUT2D eigenvalue weighted by atomic mass is 16.5. The number of carbonyl (C=O) groups excluding carboxylic acids is 1. The van der Waals surface area contributed by atoms with E-state index in [2.05, 4.69) is 15.2 Å². The van der Waals surface area contributed by atoms with Crippen molar-refractivity contribution in [3.8, 4) is 22.6 Å². The van der Waals surface area contributed by atoms with Gasteiger partial charge in [-0.3, -0.25) is 14.9 Å². The second-order valence-corrected chi connectivity index (χ2v) is 7.35. The number of rotatable bonds is 7. The molecule has 1 amide bonds. The van der Waals surface area contributed by atoms with E-state index in [1.807, 2.05) is 55.3 Å². The number of H-pyrrole nitrogens is 1. The number of carbonyl (C=O) groups is 1. The van der Waals surface area contributed by atoms with Crippen molar-refractivity contribution in [3.63, 3.8) is 0 Å². The fourth-order valence-corrected chi connectivity index (χ4v) is 3.90. The van der Waals surface area contributed by atoms with E-state index >= 15 is 0 Å². The van der Waals surface area contributed by atoms with Crippen molar-refractivity contribution >= 4 is 5.91 Å². The monoisotopic (exact) mass is 406 g/mol. The first kappa shape index (κ1) is 19.9. The van der Waals surface area contributed by atoms with E-state index in [4.69, 9.17) is 9.47 Å². The van der Waals surface area contributed by atoms with Crippen LogP contribution in [0, 0.1) is 6.92 Å². The average molecular weight is 406 g/mol. The molecule has 0 aliphatic carbocycles. The molecule has 1 aliphatic heterocycles. The van der Waals surface area contributed by atoms with E-state index in [1.165, 1.54) is 0 Å². The third-order valence-electron chi connectivity index (χ3n) is 5.32. The molecule has 1 atom stereocenters. The summed E-state index contributed by atoms with van der Waals surface area (Å²) in [5.74, 6) is 1.21. The number of nitrogens with zero attached hydrogens (tertiary/aromatic N) is 3. The lowest BCUT2D eigenvalue weighted by molar-refractivity contribution is -0.134. The Balaban J connectivity index is 1.49. The van der Waals surface area contributed by atoms with Crippen molar-refractivity contribution in [1.82, 2.24) is 20.1 Å². The number of nitrogens with one attached hydrogen (secondary N) is 1. The van der Waals surface area contributed by atoms with E-state index in [0.29, 0.717) is 24.7 Å². The van der Waals surface area contributed by atoms with Crippen LogP contribution in [-0.4, -0.2) is 45.7 Å². The van der Waals surface area contributed by atoms with Crippen molar-refractivity contribution in [3.05, 3.63) is 60.2 Å². The summed E-state index contributed by atoms with van der Waals surface area (Å²) < 4.78 is 11.5. The SMILES string of the molecule is CCOc1cc(C)ccc1OCC(=O)N1CCC[C@H]1c1[nH]ncc1-c1ccncc1. The Kier molecular flexibility index (Phi) is 5.97. The molecular formula is C23H26N4O3. The van der Waals surface area contributed by atoms with Gasteiger partial charge in [-0.05, 0) is 62.1 Å². The number of hydrogen-bond acceptors (Lipinski definition) is 5. The summed E-state index contributed by atoms with van der Waals surface area (Å²) in [6, 6.07) is 9.58. The first-order valence-corrected chi connectivity index (χ1v) is 10.3. The van der Waals surface area contributed by atoms with E-state index in [-0.39, 0.29) is 18.6 Å². The molecule has 1 aliphatic rings. The number of aromatic amines is 1. The maximum absolute atomic E-state index is 13.0. The largest absolute Gasteiger partial charge is 0.490 e. The zero-order valence-electron chi connectivity index (χ0n) is 17.3. The number of amides is 1. The number of likely N-dealkylation sites (tertiary alicyclic amines) is 1. The second-order valence-electron chi connectivity index (χ2n) is 7.35. The van der Waals surface area contributed by atoms with Gasteiger partial charge in [0.15, 0.2) is 18.1 Å². The van der Waals surface area contributed by atoms with Crippen molar-refractivity contribution in [2.75, 3.05) is 19.8 Å². The molecule has 3 aromatic rings. The van der Waals surface area contributed by atoms with Crippen LogP contribution >= 0.6 is 0 Å². The Morgan fingerprint density at radius 2 is 2.03 bits per heavy atom. The lowest BCUT2D eigenvalue weighted by Crippen LogP contribution is -2.34. The molecule has 1 fully saturated rings. The third kappa shape index (κ3) is 4.15. The Morgan fingerprint density at radius 3 is 2.83 bits per heavy atom. The molecule has 7 heteroatoms. The Hall–Kier alpha value is -3.35. The third-order valence-corrected chi connectivity index (χ3v) is 5.32. The predicted octanol–water partition coefficient (Wildman–Crippen LogP) is 3.92. The highest BCUT2D eigenvalue weighted by molar-refractivity contribution is 5.79. The van der Waals surface area contributed by atoms with Crippen LogP contribution in [0.5, 0.6) is 11.5 Å². The topological polar surface area (TPSA) is 80.3 Å². The number of aromatic nitrogens is 3. The summed E-state index contributed by atoms with van der Waals surface area (Å²) in [7, 11) is 0. The highest BCUT2D eigenvalue weighted by Crippen LogP contribution is 2.36. The number of benzene rings is 1. The standard InChI is InChI=1S/C23H26N4O3/c1-3-29-21-13-16(2)6-7-20(21)30-15-22(28)27-12-4-5-19(27)23-18(14-25-26-23)17-8-10-24-11-9-17/h6-11,13-14,19H,3-5,12,15H2,1-2H3,(H,25,26)/t19-/m0/s1. The molecule has 0 spiro atoms. The molecule has 4 rings (SSSR count). The minimum absolute atomic E-state index is 0.0294. The predicted molar refractivity (Wildman–Crippen MR) is 113 cm³/mol. The summed E-state index contributed by atoms with van der Waals surface area (Å²) in [6.45, 7) is 5.14. The van der Waals surface area contributed by atoms with Gasteiger partial charge in [0.1, 0.15) is 0 Å². The maximum atomic E-state index is 13.0. The van der Waals surface area contributed by atoms with Gasteiger partial charge in [-0.25, -0.2) is 0 Å². The molecule has 1 saturated heterocycles. The average Bonchev–Trinajstić information content (AvgIpc) is 3.43. The van der Waals surface area contributed by atoms with Crippen molar-refractivity contribution < 1.29 is 14.3 Å². The zero-order valence-corrected chi connectivity index (χ0v) is 17.3. The van der Waals surface area contributed by atoms with Crippen LogP contribution < -0.4 is 9.47 Å². The van der Waals surface area contributed by atoms with Crippen LogP contribution in [0.1, 0.15) is 37.1 Å². The molecule has 156 valence electrons. The van der Waals surface area contributed by atoms with Gasteiger partial charge in [-0.1, -0.05) is 6.07 Å². The minimum atomic E-state index is -0.0456. The minimum Gasteiger partial charge on any atom is -0.490 e. The molecule has 0 bridgehead atoms. The fraction of sp³-hybridized carbons (Fsp3) is 0.348. The number of hydrogen-bond donors (Lipinski definition) is 1. The Morgan fingerprint density at radius 1 is 1.20 bits per heavy atom. The Labute approximate surface area is 176 Å². The van der Waals surface area contributed by atoms with Crippen LogP contribution in [-0.2, 0) is 4.79 Å². The first-order valence-electron chi connectivity index (χ1n) is 10.3. The zero-order chi connectivity index (χ0) is 20.9. The molecular weight excluding hydrogens is 380 g/mol. The number of pyridine rings is 1. The van der Waals surface area contributed by atoms with Gasteiger partial charge < -0.3 is 14.4 Å². The van der Waals surface area contributed by atoms with Gasteiger partial charge in [0.25, 0.3) is 5.91 Å². The van der Waals surface area contributed by atoms with Crippen LogP contribution in [0.15, 0.2) is 48.9 Å². The van der Waals surface area contributed by atoms with Gasteiger partial charge in [0.2, 0.25) is 0 Å². The Bertz CT molecular complexity index is 1000. The van der Waals surface area contributed by atoms with Crippen molar-refractivity contribution in [2.45, 2.75) is 32.7 Å². The molecule has 1 aromatic carbocycles. The van der Waals surface area contributed by atoms with Crippen LogP contribution in [0.2, 0.25) is 0 Å². The van der Waals surface area contributed by atoms with Gasteiger partial charge in [0.05, 0.1) is 24.5 Å². The first-order chi connectivity index (χ1) is 14.7. The van der Waals surface area contributed by atoms with Crippen LogP contribution in [0.3, 0.4) is 0 Å². The highest BCUT2D eigenvalue weighted by Gasteiger charge is 2.33. The molecule has 1 N–H and O–H groups in total. The molecule has 2 aromatic heterocycles. The van der Waals surface area contributed by atoms with Gasteiger partial charge in [0, 0.05) is 24.5 Å². The molecule has 0 radical (unpaired) electrons. The van der Waals surface area contributed by atoms with E-state index in [0.717, 1.165) is 35.2 Å². The van der Waals surface area contributed by atoms with E-state index in [9.17, 15) is 4.79 Å². The molecule has 30 heavy (non-hydrogen) atoms. The van der Waals surface area contributed by atoms with E-state index in [1.54, 1.807) is 12.4 Å². The molecule has 0 unspecified atom stereocenters. The summed E-state index contributed by atoms with van der Waals surface area (Å²) >= 11 is 0. The summed E-state index contributed by atoms with van der Waals surface area (Å²) in [5, 5.41) is 7.35. The summed E-state index contributed by atoms with van der Waals surface area (Å²) in [4.78, 5) is 19.0. The van der Waals surface area contributed by atoms with Crippen molar-refractivity contribution in [2.24, 2.45) is 0 Å². The lowest BCUT2D eigenvalue weighted by atomic mass is 10.0. The molecule has 0 saturated carbocycles. The van der Waals surface area contributed by atoms with Gasteiger partial charge >= 0.3 is 0 Å². The van der Waals surface area contributed by atoms with Gasteiger partial charge in [-0.15, -0.1) is 0 Å². The second kappa shape index (κ2) is 8.98. The lowest BCUT2D eigenvalue weighted by Gasteiger charge is -2.25. The van der Waals surface area contributed by atoms with Crippen LogP contribution in [0.25, 0.3) is 11.1 Å². The van der Waals surface area contributed by atoms with Gasteiger partial charge in [-0.2, -0.15) is 5.10 Å². The maximum Gasteiger partial charge on any atom is 0.261 e.